The van der Waals surface area contributed by atoms with Crippen molar-refractivity contribution in [3.63, 3.8) is 0 Å². The SMILES string of the molecule is C1=COC(c2ccccc2)C=C1. The zero-order valence-electron chi connectivity index (χ0n) is 6.68. The Bertz CT molecular complexity index is 298. The summed E-state index contributed by atoms with van der Waals surface area (Å²) in [7, 11) is 0. The average Bonchev–Trinajstić information content (AvgIpc) is 2.21. The molecule has 0 bridgehead atoms. The van der Waals surface area contributed by atoms with Crippen molar-refractivity contribution in [3.05, 3.63) is 60.4 Å². The van der Waals surface area contributed by atoms with Crippen molar-refractivity contribution < 1.29 is 4.74 Å². The minimum atomic E-state index is 0.0937. The van der Waals surface area contributed by atoms with E-state index in [2.05, 4.69) is 12.1 Å². The van der Waals surface area contributed by atoms with Crippen LogP contribution in [0.15, 0.2) is 54.8 Å². The second kappa shape index (κ2) is 3.26. The highest BCUT2D eigenvalue weighted by Gasteiger charge is 2.07. The van der Waals surface area contributed by atoms with Crippen LogP contribution in [0.5, 0.6) is 0 Å². The lowest BCUT2D eigenvalue weighted by Gasteiger charge is -2.14. The van der Waals surface area contributed by atoms with Gasteiger partial charge in [0.1, 0.15) is 6.10 Å². The zero-order chi connectivity index (χ0) is 8.23. The van der Waals surface area contributed by atoms with E-state index >= 15 is 0 Å². The third-order valence-electron chi connectivity index (χ3n) is 1.83. The Morgan fingerprint density at radius 1 is 1.00 bits per heavy atom. The Hall–Kier alpha value is -1.50. The number of benzene rings is 1. The first kappa shape index (κ1) is 7.17. The summed E-state index contributed by atoms with van der Waals surface area (Å²) >= 11 is 0. The van der Waals surface area contributed by atoms with E-state index in [-0.39, 0.29) is 6.10 Å². The smallest absolute Gasteiger partial charge is 0.141 e. The summed E-state index contributed by atoms with van der Waals surface area (Å²) in [5.41, 5.74) is 1.19. The number of rotatable bonds is 1. The summed E-state index contributed by atoms with van der Waals surface area (Å²) in [4.78, 5) is 0. The molecule has 0 amide bonds. The molecule has 1 atom stereocenters. The van der Waals surface area contributed by atoms with Crippen molar-refractivity contribution in [2.75, 3.05) is 0 Å². The van der Waals surface area contributed by atoms with Gasteiger partial charge in [0, 0.05) is 0 Å². The van der Waals surface area contributed by atoms with E-state index in [0.717, 1.165) is 0 Å². The molecule has 60 valence electrons. The first-order valence-electron chi connectivity index (χ1n) is 4.00. The van der Waals surface area contributed by atoms with Crippen LogP contribution < -0.4 is 0 Å². The van der Waals surface area contributed by atoms with Gasteiger partial charge in [0.15, 0.2) is 0 Å². The number of ether oxygens (including phenoxy) is 1. The second-order valence-corrected chi connectivity index (χ2v) is 2.68. The summed E-state index contributed by atoms with van der Waals surface area (Å²) in [5, 5.41) is 0. The van der Waals surface area contributed by atoms with Gasteiger partial charge >= 0.3 is 0 Å². The van der Waals surface area contributed by atoms with Gasteiger partial charge in [0.2, 0.25) is 0 Å². The summed E-state index contributed by atoms with van der Waals surface area (Å²) in [6.45, 7) is 0. The van der Waals surface area contributed by atoms with Gasteiger partial charge in [0.05, 0.1) is 6.26 Å². The van der Waals surface area contributed by atoms with Crippen LogP contribution in [0.2, 0.25) is 0 Å². The van der Waals surface area contributed by atoms with Crippen LogP contribution >= 0.6 is 0 Å². The molecule has 0 radical (unpaired) electrons. The molecule has 0 aliphatic carbocycles. The molecule has 0 saturated heterocycles. The molecule has 1 unspecified atom stereocenters. The average molecular weight is 158 g/mol. The highest BCUT2D eigenvalue weighted by molar-refractivity contribution is 5.24. The van der Waals surface area contributed by atoms with E-state index in [4.69, 9.17) is 4.74 Å². The molecule has 12 heavy (non-hydrogen) atoms. The topological polar surface area (TPSA) is 9.23 Å². The van der Waals surface area contributed by atoms with Crippen LogP contribution in [0, 0.1) is 0 Å². The predicted molar refractivity (Wildman–Crippen MR) is 48.5 cm³/mol. The second-order valence-electron chi connectivity index (χ2n) is 2.68. The van der Waals surface area contributed by atoms with Gasteiger partial charge in [-0.1, -0.05) is 36.4 Å². The van der Waals surface area contributed by atoms with E-state index in [0.29, 0.717) is 0 Å². The third kappa shape index (κ3) is 1.40. The first-order valence-corrected chi connectivity index (χ1v) is 4.00. The standard InChI is InChI=1S/C11H10O/c1-2-6-10(7-3-1)11-8-4-5-9-12-11/h1-9,11H. The lowest BCUT2D eigenvalue weighted by Crippen LogP contribution is -1.98. The molecule has 1 aromatic carbocycles. The third-order valence-corrected chi connectivity index (χ3v) is 1.83. The van der Waals surface area contributed by atoms with Crippen LogP contribution in [0.4, 0.5) is 0 Å². The summed E-state index contributed by atoms with van der Waals surface area (Å²) in [5.74, 6) is 0. The number of hydrogen-bond acceptors (Lipinski definition) is 1. The number of allylic oxidation sites excluding steroid dienone is 2. The highest BCUT2D eigenvalue weighted by atomic mass is 16.5. The molecule has 1 nitrogen and oxygen atoms in total. The van der Waals surface area contributed by atoms with Gasteiger partial charge < -0.3 is 4.74 Å². The molecule has 0 saturated carbocycles. The van der Waals surface area contributed by atoms with Crippen LogP contribution in [-0.2, 0) is 4.74 Å². The molecule has 0 N–H and O–H groups in total. The maximum absolute atomic E-state index is 5.40. The molecule has 1 aromatic rings. The fourth-order valence-corrected chi connectivity index (χ4v) is 1.22. The van der Waals surface area contributed by atoms with Crippen molar-refractivity contribution in [1.29, 1.82) is 0 Å². The molecule has 1 heteroatoms. The largest absolute Gasteiger partial charge is 0.489 e. The van der Waals surface area contributed by atoms with E-state index in [1.165, 1.54) is 5.56 Å². The van der Waals surface area contributed by atoms with Crippen LogP contribution in [-0.4, -0.2) is 0 Å². The van der Waals surface area contributed by atoms with Crippen molar-refractivity contribution in [2.24, 2.45) is 0 Å². The van der Waals surface area contributed by atoms with Gasteiger partial charge in [0.25, 0.3) is 0 Å². The molecule has 0 aromatic heterocycles. The Labute approximate surface area is 72.0 Å². The predicted octanol–water partition coefficient (Wildman–Crippen LogP) is 2.83. The minimum Gasteiger partial charge on any atom is -0.489 e. The van der Waals surface area contributed by atoms with Gasteiger partial charge in [-0.15, -0.1) is 0 Å². The Morgan fingerprint density at radius 2 is 1.83 bits per heavy atom. The lowest BCUT2D eigenvalue weighted by molar-refractivity contribution is 0.186. The van der Waals surface area contributed by atoms with Crippen LogP contribution in [0.1, 0.15) is 11.7 Å². The van der Waals surface area contributed by atoms with Gasteiger partial charge in [-0.3, -0.25) is 0 Å². The maximum atomic E-state index is 5.40. The van der Waals surface area contributed by atoms with E-state index < -0.39 is 0 Å². The Morgan fingerprint density at radius 3 is 2.50 bits per heavy atom. The van der Waals surface area contributed by atoms with Crippen molar-refractivity contribution in [3.8, 4) is 0 Å². The highest BCUT2D eigenvalue weighted by Crippen LogP contribution is 2.20. The normalized spacial score (nSPS) is 20.5. The molecule has 1 aliphatic rings. The quantitative estimate of drug-likeness (QED) is 0.610. The Balaban J connectivity index is 2.21. The van der Waals surface area contributed by atoms with Crippen molar-refractivity contribution in [2.45, 2.75) is 6.10 Å². The summed E-state index contributed by atoms with van der Waals surface area (Å²) in [6.07, 6.45) is 7.74. The molecule has 1 heterocycles. The molecular weight excluding hydrogens is 148 g/mol. The van der Waals surface area contributed by atoms with E-state index in [1.807, 2.05) is 36.4 Å². The summed E-state index contributed by atoms with van der Waals surface area (Å²) in [6, 6.07) is 10.2. The van der Waals surface area contributed by atoms with E-state index in [1.54, 1.807) is 6.26 Å². The molecular formula is C11H10O. The lowest BCUT2D eigenvalue weighted by atomic mass is 10.1. The van der Waals surface area contributed by atoms with Crippen LogP contribution in [0.25, 0.3) is 0 Å². The minimum absolute atomic E-state index is 0.0937. The first-order chi connectivity index (χ1) is 5.97. The van der Waals surface area contributed by atoms with Gasteiger partial charge in [-0.2, -0.15) is 0 Å². The fraction of sp³-hybridized carbons (Fsp3) is 0.0909. The fourth-order valence-electron chi connectivity index (χ4n) is 1.22. The Kier molecular flexibility index (Phi) is 1.95. The van der Waals surface area contributed by atoms with E-state index in [9.17, 15) is 0 Å². The van der Waals surface area contributed by atoms with Gasteiger partial charge in [-0.25, -0.2) is 0 Å². The van der Waals surface area contributed by atoms with Crippen molar-refractivity contribution >= 4 is 0 Å². The van der Waals surface area contributed by atoms with Gasteiger partial charge in [-0.05, 0) is 17.7 Å². The maximum Gasteiger partial charge on any atom is 0.141 e. The monoisotopic (exact) mass is 158 g/mol. The summed E-state index contributed by atoms with van der Waals surface area (Å²) < 4.78 is 5.40. The molecule has 2 rings (SSSR count). The molecule has 0 spiro atoms. The number of hydrogen-bond donors (Lipinski definition) is 0. The van der Waals surface area contributed by atoms with Crippen molar-refractivity contribution in [1.82, 2.24) is 0 Å². The molecule has 0 fully saturated rings. The zero-order valence-corrected chi connectivity index (χ0v) is 6.68. The van der Waals surface area contributed by atoms with Crippen LogP contribution in [0.3, 0.4) is 0 Å². The molecule has 1 aliphatic heterocycles.